The first-order valence-corrected chi connectivity index (χ1v) is 10.1. The lowest BCUT2D eigenvalue weighted by atomic mass is 9.79. The number of benzene rings is 3. The Kier molecular flexibility index (Phi) is 5.48. The maximum atomic E-state index is 12.1. The first kappa shape index (κ1) is 18.4. The molecule has 2 heteroatoms. The monoisotopic (exact) mass is 368 g/mol. The summed E-state index contributed by atoms with van der Waals surface area (Å²) in [5, 5.41) is 0. The predicted octanol–water partition coefficient (Wildman–Crippen LogP) is 6.69. The van der Waals surface area contributed by atoms with Crippen molar-refractivity contribution in [3.8, 4) is 22.3 Å². The Bertz CT molecular complexity index is 983. The van der Waals surface area contributed by atoms with E-state index in [1.165, 1.54) is 19.3 Å². The van der Waals surface area contributed by atoms with Gasteiger partial charge >= 0.3 is 0 Å². The zero-order chi connectivity index (χ0) is 19.3. The molecule has 3 aromatic carbocycles. The third kappa shape index (κ3) is 3.43. The van der Waals surface area contributed by atoms with Gasteiger partial charge in [0, 0.05) is 11.1 Å². The van der Waals surface area contributed by atoms with E-state index in [0.717, 1.165) is 53.2 Å². The van der Waals surface area contributed by atoms with E-state index in [-0.39, 0.29) is 0 Å². The first-order chi connectivity index (χ1) is 13.8. The summed E-state index contributed by atoms with van der Waals surface area (Å²) < 4.78 is 0. The molecule has 2 nitrogen and oxygen atoms in total. The van der Waals surface area contributed by atoms with Gasteiger partial charge in [-0.15, -0.1) is 0 Å². The topological polar surface area (TPSA) is 34.1 Å². The number of hydrogen-bond acceptors (Lipinski definition) is 2. The van der Waals surface area contributed by atoms with E-state index in [1.807, 2.05) is 42.5 Å². The molecule has 3 aromatic rings. The third-order valence-corrected chi connectivity index (χ3v) is 5.90. The van der Waals surface area contributed by atoms with Crippen molar-refractivity contribution >= 4 is 12.6 Å². The summed E-state index contributed by atoms with van der Waals surface area (Å²) in [7, 11) is 0. The smallest absolute Gasteiger partial charge is 0.151 e. The Morgan fingerprint density at radius 3 is 1.93 bits per heavy atom. The van der Waals surface area contributed by atoms with E-state index in [1.54, 1.807) is 0 Å². The number of carbonyl (C=O) groups is 2. The predicted molar refractivity (Wildman–Crippen MR) is 114 cm³/mol. The van der Waals surface area contributed by atoms with Gasteiger partial charge in [0.05, 0.1) is 0 Å². The molecule has 0 N–H and O–H groups in total. The van der Waals surface area contributed by atoms with Crippen molar-refractivity contribution in [1.29, 1.82) is 0 Å². The van der Waals surface area contributed by atoms with Gasteiger partial charge in [-0.3, -0.25) is 9.59 Å². The highest BCUT2D eigenvalue weighted by Gasteiger charge is 2.22. The second-order valence-corrected chi connectivity index (χ2v) is 7.51. The summed E-state index contributed by atoms with van der Waals surface area (Å²) in [6, 6.07) is 22.3. The number of aldehydes is 2. The highest BCUT2D eigenvalue weighted by Crippen LogP contribution is 2.39. The van der Waals surface area contributed by atoms with Gasteiger partial charge in [0.25, 0.3) is 0 Å². The number of rotatable bonds is 5. The molecule has 0 saturated heterocycles. The van der Waals surface area contributed by atoms with Crippen LogP contribution in [0.5, 0.6) is 0 Å². The molecule has 0 aromatic heterocycles. The van der Waals surface area contributed by atoms with E-state index in [0.29, 0.717) is 17.0 Å². The van der Waals surface area contributed by atoms with Crippen molar-refractivity contribution in [2.75, 3.05) is 0 Å². The Balaban J connectivity index is 1.88. The van der Waals surface area contributed by atoms with E-state index >= 15 is 0 Å². The molecule has 0 spiro atoms. The number of hydrogen-bond donors (Lipinski definition) is 0. The molecule has 1 aliphatic carbocycles. The summed E-state index contributed by atoms with van der Waals surface area (Å²) >= 11 is 0. The van der Waals surface area contributed by atoms with Crippen LogP contribution in [0.25, 0.3) is 22.3 Å². The minimum atomic E-state index is 0.381. The molecule has 140 valence electrons. The maximum Gasteiger partial charge on any atom is 0.151 e. The van der Waals surface area contributed by atoms with Gasteiger partial charge in [-0.25, -0.2) is 0 Å². The fraction of sp³-hybridized carbons (Fsp3) is 0.231. The average molecular weight is 368 g/mol. The van der Waals surface area contributed by atoms with Crippen molar-refractivity contribution in [2.45, 2.75) is 38.0 Å². The van der Waals surface area contributed by atoms with E-state index in [9.17, 15) is 9.59 Å². The van der Waals surface area contributed by atoms with Crippen molar-refractivity contribution in [3.05, 3.63) is 83.4 Å². The highest BCUT2D eigenvalue weighted by molar-refractivity contribution is 6.01. The van der Waals surface area contributed by atoms with Crippen LogP contribution in [0.1, 0.15) is 64.3 Å². The first-order valence-electron chi connectivity index (χ1n) is 10.1. The van der Waals surface area contributed by atoms with Gasteiger partial charge in [-0.1, -0.05) is 86.0 Å². The van der Waals surface area contributed by atoms with Gasteiger partial charge in [0.2, 0.25) is 0 Å². The lowest BCUT2D eigenvalue weighted by molar-refractivity contribution is 0.109. The lowest BCUT2D eigenvalue weighted by Crippen LogP contribution is -2.10. The van der Waals surface area contributed by atoms with Crippen LogP contribution >= 0.6 is 0 Å². The van der Waals surface area contributed by atoms with Crippen LogP contribution in [0, 0.1) is 0 Å². The summed E-state index contributed by atoms with van der Waals surface area (Å²) in [5.41, 5.74) is 6.10. The summed E-state index contributed by atoms with van der Waals surface area (Å²) in [4.78, 5) is 24.1. The van der Waals surface area contributed by atoms with Gasteiger partial charge in [-0.05, 0) is 46.6 Å². The zero-order valence-electron chi connectivity index (χ0n) is 15.9. The highest BCUT2D eigenvalue weighted by atomic mass is 16.1. The maximum absolute atomic E-state index is 12.1. The molecule has 0 bridgehead atoms. The molecule has 0 radical (unpaired) electrons. The average Bonchev–Trinajstić information content (AvgIpc) is 2.79. The molecular weight excluding hydrogens is 344 g/mol. The Labute approximate surface area is 166 Å². The van der Waals surface area contributed by atoms with E-state index < -0.39 is 0 Å². The van der Waals surface area contributed by atoms with Crippen LogP contribution in [0.2, 0.25) is 0 Å². The molecule has 1 saturated carbocycles. The second kappa shape index (κ2) is 8.35. The van der Waals surface area contributed by atoms with Crippen LogP contribution < -0.4 is 0 Å². The summed E-state index contributed by atoms with van der Waals surface area (Å²) in [5.74, 6) is 0.381. The molecule has 4 rings (SSSR count). The largest absolute Gasteiger partial charge is 0.298 e. The van der Waals surface area contributed by atoms with Crippen LogP contribution in [0.4, 0.5) is 0 Å². The summed E-state index contributed by atoms with van der Waals surface area (Å²) in [6.45, 7) is 0. The molecule has 0 heterocycles. The van der Waals surface area contributed by atoms with Gasteiger partial charge in [0.1, 0.15) is 0 Å². The number of carbonyl (C=O) groups excluding carboxylic acids is 2. The molecule has 28 heavy (non-hydrogen) atoms. The van der Waals surface area contributed by atoms with Crippen molar-refractivity contribution in [3.63, 3.8) is 0 Å². The standard InChI is InChI=1S/C26H24O2/c27-17-25-22(20-11-5-2-6-12-20)15-16-24(26(25)18-28)23-14-8-7-13-21(23)19-9-3-1-4-10-19/h1,3-4,7-10,13-18,20H,2,5-6,11-12H2. The van der Waals surface area contributed by atoms with Gasteiger partial charge < -0.3 is 0 Å². The molecule has 0 amide bonds. The molecule has 0 atom stereocenters. The second-order valence-electron chi connectivity index (χ2n) is 7.51. The van der Waals surface area contributed by atoms with Crippen LogP contribution in [0.15, 0.2) is 66.7 Å². The van der Waals surface area contributed by atoms with E-state index in [2.05, 4.69) is 24.3 Å². The van der Waals surface area contributed by atoms with Crippen LogP contribution in [-0.2, 0) is 0 Å². The van der Waals surface area contributed by atoms with Crippen molar-refractivity contribution in [2.24, 2.45) is 0 Å². The fourth-order valence-corrected chi connectivity index (χ4v) is 4.50. The molecule has 1 fully saturated rings. The molecular formula is C26H24O2. The minimum Gasteiger partial charge on any atom is -0.298 e. The van der Waals surface area contributed by atoms with Gasteiger partial charge in [-0.2, -0.15) is 0 Å². The van der Waals surface area contributed by atoms with Crippen LogP contribution in [-0.4, -0.2) is 12.6 Å². The SMILES string of the molecule is O=Cc1c(-c2ccccc2-c2ccccc2)ccc(C2CCCCC2)c1C=O. The van der Waals surface area contributed by atoms with Gasteiger partial charge in [0.15, 0.2) is 12.6 Å². The fourth-order valence-electron chi connectivity index (χ4n) is 4.50. The van der Waals surface area contributed by atoms with Crippen molar-refractivity contribution in [1.82, 2.24) is 0 Å². The summed E-state index contributed by atoms with van der Waals surface area (Å²) in [6.07, 6.45) is 7.57. The van der Waals surface area contributed by atoms with Crippen LogP contribution in [0.3, 0.4) is 0 Å². The quantitative estimate of drug-likeness (QED) is 0.470. The normalized spacial score (nSPS) is 14.6. The third-order valence-electron chi connectivity index (χ3n) is 5.90. The molecule has 1 aliphatic rings. The van der Waals surface area contributed by atoms with E-state index in [4.69, 9.17) is 0 Å². The molecule has 0 aliphatic heterocycles. The Morgan fingerprint density at radius 1 is 0.607 bits per heavy atom. The lowest BCUT2D eigenvalue weighted by Gasteiger charge is -2.25. The Hall–Kier alpha value is -3.00. The van der Waals surface area contributed by atoms with Crippen molar-refractivity contribution < 1.29 is 9.59 Å². The zero-order valence-corrected chi connectivity index (χ0v) is 15.9. The Morgan fingerprint density at radius 2 is 1.25 bits per heavy atom. The minimum absolute atomic E-state index is 0.381. The molecule has 0 unspecified atom stereocenters.